The van der Waals surface area contributed by atoms with E-state index in [1.807, 2.05) is 54.6 Å². The minimum atomic E-state index is -0.535. The molecule has 0 spiro atoms. The molecule has 2 amide bonds. The molecule has 2 N–H and O–H groups in total. The number of hydrogen-bond acceptors (Lipinski definition) is 3. The number of carbonyl (C=O) groups is 2. The predicted molar refractivity (Wildman–Crippen MR) is 103 cm³/mol. The molecule has 0 aliphatic carbocycles. The molecule has 3 rings (SSSR count). The summed E-state index contributed by atoms with van der Waals surface area (Å²) in [7, 11) is 0. The van der Waals surface area contributed by atoms with Crippen molar-refractivity contribution in [3.63, 3.8) is 0 Å². The summed E-state index contributed by atoms with van der Waals surface area (Å²) < 4.78 is 6.49. The van der Waals surface area contributed by atoms with Crippen molar-refractivity contribution >= 4 is 34.6 Å². The quantitative estimate of drug-likeness (QED) is 0.555. The van der Waals surface area contributed by atoms with Crippen molar-refractivity contribution in [3.8, 4) is 0 Å². The van der Waals surface area contributed by atoms with Crippen LogP contribution in [0.5, 0.6) is 0 Å². The first-order valence-corrected chi connectivity index (χ1v) is 8.87. The van der Waals surface area contributed by atoms with Crippen molar-refractivity contribution in [3.05, 3.63) is 80.6 Å². The molecule has 1 atom stereocenters. The smallest absolute Gasteiger partial charge is 0.338 e. The van der Waals surface area contributed by atoms with Crippen LogP contribution >= 0.6 is 22.6 Å². The summed E-state index contributed by atoms with van der Waals surface area (Å²) in [4.78, 5) is 24.6. The van der Waals surface area contributed by atoms with Crippen LogP contribution in [-0.2, 0) is 16.1 Å². The molecule has 1 aliphatic heterocycles. The highest BCUT2D eigenvalue weighted by Gasteiger charge is 2.32. The first-order valence-electron chi connectivity index (χ1n) is 7.79. The van der Waals surface area contributed by atoms with E-state index >= 15 is 0 Å². The molecule has 1 heterocycles. The Balaban J connectivity index is 1.85. The van der Waals surface area contributed by atoms with Crippen LogP contribution in [0.3, 0.4) is 0 Å². The van der Waals surface area contributed by atoms with Crippen molar-refractivity contribution in [2.45, 2.75) is 19.6 Å². The van der Waals surface area contributed by atoms with Crippen molar-refractivity contribution in [1.82, 2.24) is 10.6 Å². The molecule has 0 bridgehead atoms. The van der Waals surface area contributed by atoms with Gasteiger partial charge in [-0.05, 0) is 52.8 Å². The van der Waals surface area contributed by atoms with Gasteiger partial charge in [0.05, 0.1) is 11.6 Å². The van der Waals surface area contributed by atoms with Crippen LogP contribution in [0.1, 0.15) is 24.1 Å². The molecular weight excluding hydrogens is 431 g/mol. The maximum Gasteiger partial charge on any atom is 0.338 e. The Morgan fingerprint density at radius 1 is 1.16 bits per heavy atom. The third-order valence-corrected chi connectivity index (χ3v) is 4.55. The zero-order valence-electron chi connectivity index (χ0n) is 13.6. The van der Waals surface area contributed by atoms with E-state index in [4.69, 9.17) is 4.74 Å². The van der Waals surface area contributed by atoms with Gasteiger partial charge < -0.3 is 15.4 Å². The summed E-state index contributed by atoms with van der Waals surface area (Å²) in [6, 6.07) is 16.3. The Hall–Kier alpha value is -2.35. The van der Waals surface area contributed by atoms with Gasteiger partial charge in [0.15, 0.2) is 0 Å². The lowest BCUT2D eigenvalue weighted by molar-refractivity contribution is -0.140. The molecule has 6 heteroatoms. The summed E-state index contributed by atoms with van der Waals surface area (Å²) in [5.41, 5.74) is 2.67. The zero-order valence-corrected chi connectivity index (χ0v) is 15.7. The van der Waals surface area contributed by atoms with Gasteiger partial charge in [0.25, 0.3) is 0 Å². The molecule has 0 aromatic heterocycles. The van der Waals surface area contributed by atoms with Gasteiger partial charge in [-0.2, -0.15) is 0 Å². The van der Waals surface area contributed by atoms with Crippen LogP contribution in [0.15, 0.2) is 65.9 Å². The fourth-order valence-electron chi connectivity index (χ4n) is 2.70. The molecular formula is C19H17IN2O3. The molecule has 0 radical (unpaired) electrons. The topological polar surface area (TPSA) is 67.4 Å². The normalized spacial score (nSPS) is 16.9. The number of halogens is 1. The standard InChI is InChI=1S/C19H17IN2O3/c1-12-16(18(23)25-11-13-6-3-2-4-7-13)17(22-19(24)21-12)14-8-5-9-15(20)10-14/h2-10,17H,11H2,1H3,(H2,21,22,24)/t17-/m1/s1. The number of rotatable bonds is 4. The van der Waals surface area contributed by atoms with Crippen LogP contribution in [0, 0.1) is 3.57 Å². The zero-order chi connectivity index (χ0) is 17.8. The minimum absolute atomic E-state index is 0.184. The Labute approximate surface area is 159 Å². The van der Waals surface area contributed by atoms with E-state index in [0.717, 1.165) is 14.7 Å². The molecule has 128 valence electrons. The second-order valence-corrected chi connectivity index (χ2v) is 6.93. The molecule has 2 aromatic carbocycles. The average molecular weight is 448 g/mol. The average Bonchev–Trinajstić information content (AvgIpc) is 2.60. The molecule has 0 fully saturated rings. The van der Waals surface area contributed by atoms with Crippen LogP contribution < -0.4 is 10.6 Å². The Morgan fingerprint density at radius 3 is 2.64 bits per heavy atom. The van der Waals surface area contributed by atoms with Gasteiger partial charge in [0.1, 0.15) is 6.61 Å². The van der Waals surface area contributed by atoms with Crippen LogP contribution in [0.2, 0.25) is 0 Å². The minimum Gasteiger partial charge on any atom is -0.457 e. The fraction of sp³-hybridized carbons (Fsp3) is 0.158. The fourth-order valence-corrected chi connectivity index (χ4v) is 3.27. The lowest BCUT2D eigenvalue weighted by Crippen LogP contribution is -2.45. The Bertz CT molecular complexity index is 834. The highest BCUT2D eigenvalue weighted by molar-refractivity contribution is 14.1. The highest BCUT2D eigenvalue weighted by Crippen LogP contribution is 2.28. The number of hydrogen-bond donors (Lipinski definition) is 2. The number of esters is 1. The summed E-state index contributed by atoms with van der Waals surface area (Å²) in [5, 5.41) is 5.46. The lowest BCUT2D eigenvalue weighted by Gasteiger charge is -2.28. The largest absolute Gasteiger partial charge is 0.457 e. The van der Waals surface area contributed by atoms with E-state index in [0.29, 0.717) is 11.3 Å². The van der Waals surface area contributed by atoms with Gasteiger partial charge in [0.2, 0.25) is 0 Å². The van der Waals surface area contributed by atoms with E-state index in [-0.39, 0.29) is 12.6 Å². The summed E-state index contributed by atoms with van der Waals surface area (Å²) in [5.74, 6) is -0.447. The maximum atomic E-state index is 12.7. The van der Waals surface area contributed by atoms with Crippen molar-refractivity contribution in [1.29, 1.82) is 0 Å². The second-order valence-electron chi connectivity index (χ2n) is 5.69. The number of nitrogens with one attached hydrogen (secondary N) is 2. The van der Waals surface area contributed by atoms with E-state index in [1.54, 1.807) is 6.92 Å². The highest BCUT2D eigenvalue weighted by atomic mass is 127. The number of allylic oxidation sites excluding steroid dienone is 1. The first kappa shape index (κ1) is 17.5. The lowest BCUT2D eigenvalue weighted by atomic mass is 9.96. The monoisotopic (exact) mass is 448 g/mol. The van der Waals surface area contributed by atoms with E-state index in [1.165, 1.54) is 0 Å². The molecule has 25 heavy (non-hydrogen) atoms. The van der Waals surface area contributed by atoms with E-state index < -0.39 is 12.0 Å². The molecule has 0 unspecified atom stereocenters. The second kappa shape index (κ2) is 7.69. The van der Waals surface area contributed by atoms with Crippen molar-refractivity contribution < 1.29 is 14.3 Å². The van der Waals surface area contributed by atoms with E-state index in [2.05, 4.69) is 33.2 Å². The molecule has 1 aliphatic rings. The van der Waals surface area contributed by atoms with Crippen LogP contribution in [0.4, 0.5) is 4.79 Å². The predicted octanol–water partition coefficient (Wildman–Crippen LogP) is 3.66. The maximum absolute atomic E-state index is 12.7. The molecule has 5 nitrogen and oxygen atoms in total. The van der Waals surface area contributed by atoms with Crippen molar-refractivity contribution in [2.24, 2.45) is 0 Å². The third kappa shape index (κ3) is 4.19. The molecule has 0 saturated carbocycles. The number of amides is 2. The SMILES string of the molecule is CC1=C(C(=O)OCc2ccccc2)[C@@H](c2cccc(I)c2)NC(=O)N1. The van der Waals surface area contributed by atoms with Gasteiger partial charge in [-0.25, -0.2) is 9.59 Å². The van der Waals surface area contributed by atoms with Gasteiger partial charge in [-0.3, -0.25) is 0 Å². The van der Waals surface area contributed by atoms with Gasteiger partial charge in [0, 0.05) is 9.27 Å². The number of benzene rings is 2. The third-order valence-electron chi connectivity index (χ3n) is 3.88. The first-order chi connectivity index (χ1) is 12.0. The summed E-state index contributed by atoms with van der Waals surface area (Å²) in [6.07, 6.45) is 0. The Kier molecular flexibility index (Phi) is 5.37. The van der Waals surface area contributed by atoms with Gasteiger partial charge in [-0.1, -0.05) is 42.5 Å². The summed E-state index contributed by atoms with van der Waals surface area (Å²) >= 11 is 2.20. The van der Waals surface area contributed by atoms with Crippen molar-refractivity contribution in [2.75, 3.05) is 0 Å². The number of ether oxygens (including phenoxy) is 1. The molecule has 2 aromatic rings. The van der Waals surface area contributed by atoms with E-state index in [9.17, 15) is 9.59 Å². The molecule has 0 saturated heterocycles. The number of urea groups is 1. The summed E-state index contributed by atoms with van der Waals surface area (Å²) in [6.45, 7) is 1.89. The van der Waals surface area contributed by atoms with Gasteiger partial charge in [-0.15, -0.1) is 0 Å². The van der Waals surface area contributed by atoms with Crippen LogP contribution in [-0.4, -0.2) is 12.0 Å². The van der Waals surface area contributed by atoms with Crippen LogP contribution in [0.25, 0.3) is 0 Å². The van der Waals surface area contributed by atoms with Gasteiger partial charge >= 0.3 is 12.0 Å². The Morgan fingerprint density at radius 2 is 1.92 bits per heavy atom. The number of carbonyl (C=O) groups excluding carboxylic acids is 2.